The molecule has 9 nitrogen and oxygen atoms in total. The fraction of sp³-hybridized carbons (Fsp3) is 0.333. The van der Waals surface area contributed by atoms with Gasteiger partial charge in [-0.25, -0.2) is 0 Å². The van der Waals surface area contributed by atoms with Crippen LogP contribution in [0.2, 0.25) is 0 Å². The van der Waals surface area contributed by atoms with E-state index < -0.39 is 22.6 Å². The minimum absolute atomic E-state index is 0.496. The first-order valence-electron chi connectivity index (χ1n) is 8.91. The molecule has 0 saturated heterocycles. The van der Waals surface area contributed by atoms with Crippen molar-refractivity contribution in [2.24, 2.45) is 0 Å². The maximum absolute atomic E-state index is 6.01. The lowest BCUT2D eigenvalue weighted by Gasteiger charge is -2.23. The van der Waals surface area contributed by atoms with E-state index in [1.165, 1.54) is 15.6 Å². The van der Waals surface area contributed by atoms with Crippen LogP contribution in [0, 0.1) is 13.8 Å². The van der Waals surface area contributed by atoms with E-state index in [0.717, 1.165) is 11.1 Å². The Balaban J connectivity index is 1.91. The number of aromatic nitrogens is 3. The number of nitrogens with zero attached hydrogens (tertiary/aromatic N) is 3. The highest BCUT2D eigenvalue weighted by molar-refractivity contribution is 7.55. The van der Waals surface area contributed by atoms with Crippen LogP contribution < -0.4 is 28.2 Å². The first-order chi connectivity index (χ1) is 14.5. The molecule has 0 N–H and O–H groups in total. The molecule has 0 amide bonds. The molecule has 0 aliphatic heterocycles. The summed E-state index contributed by atoms with van der Waals surface area (Å²) in [6.45, 7) is 2.94. The fourth-order valence-electron chi connectivity index (χ4n) is 2.31. The van der Waals surface area contributed by atoms with E-state index in [1.807, 2.05) is 62.4 Å². The van der Waals surface area contributed by atoms with Gasteiger partial charge in [0, 0.05) is 14.2 Å². The Labute approximate surface area is 179 Å². The molecule has 2 aromatic carbocycles. The van der Waals surface area contributed by atoms with Crippen molar-refractivity contribution in [3.8, 4) is 11.5 Å². The molecule has 0 aliphatic rings. The molecule has 1 heterocycles. The summed E-state index contributed by atoms with van der Waals surface area (Å²) < 4.78 is 30.3. The second-order valence-corrected chi connectivity index (χ2v) is 10.7. The Morgan fingerprint density at radius 1 is 0.833 bits per heavy atom. The highest BCUT2D eigenvalue weighted by Gasteiger charge is 2.20. The molecule has 1 aromatic heterocycles. The summed E-state index contributed by atoms with van der Waals surface area (Å²) in [5.74, 6) is 1.21. The smallest absolute Gasteiger partial charge is 0.383 e. The predicted molar refractivity (Wildman–Crippen MR) is 117 cm³/mol. The largest absolute Gasteiger partial charge is 0.431 e. The molecule has 3 aromatic rings. The zero-order valence-electron chi connectivity index (χ0n) is 17.3. The summed E-state index contributed by atoms with van der Waals surface area (Å²) in [6, 6.07) is 15.2. The van der Waals surface area contributed by atoms with E-state index in [0.29, 0.717) is 20.0 Å². The lowest BCUT2D eigenvalue weighted by molar-refractivity contribution is -0.188. The highest BCUT2D eigenvalue weighted by atomic mass is 31.2. The van der Waals surface area contributed by atoms with Crippen LogP contribution in [-0.4, -0.2) is 40.8 Å². The van der Waals surface area contributed by atoms with Crippen LogP contribution in [0.3, 0.4) is 0 Å². The molecular formula is C18H24N3O6P3. The van der Waals surface area contributed by atoms with Gasteiger partial charge in [-0.3, -0.25) is 4.84 Å². The van der Waals surface area contributed by atoms with E-state index in [4.69, 9.17) is 28.2 Å². The number of hydrogen-bond donors (Lipinski definition) is 0. The molecule has 2 unspecified atom stereocenters. The summed E-state index contributed by atoms with van der Waals surface area (Å²) in [6.07, 6.45) is 0. The van der Waals surface area contributed by atoms with E-state index in [9.17, 15) is 0 Å². The van der Waals surface area contributed by atoms with Gasteiger partial charge >= 0.3 is 6.48 Å². The van der Waals surface area contributed by atoms with Crippen molar-refractivity contribution in [3.63, 3.8) is 0 Å². The van der Waals surface area contributed by atoms with Crippen LogP contribution in [0.5, 0.6) is 11.5 Å². The van der Waals surface area contributed by atoms with Gasteiger partial charge in [-0.15, -0.1) is 8.51 Å². The Kier molecular flexibility index (Phi) is 8.37. The first-order valence-corrected chi connectivity index (χ1v) is 12.0. The molecule has 2 atom stereocenters. The van der Waals surface area contributed by atoms with Gasteiger partial charge in [0.25, 0.3) is 0 Å². The van der Waals surface area contributed by atoms with Crippen LogP contribution in [0.4, 0.5) is 0 Å². The van der Waals surface area contributed by atoms with Crippen molar-refractivity contribution in [2.75, 3.05) is 21.3 Å². The molecule has 162 valence electrons. The molecule has 0 radical (unpaired) electrons. The molecule has 3 rings (SSSR count). The first kappa shape index (κ1) is 22.9. The lowest BCUT2D eigenvalue weighted by atomic mass is 10.2. The Bertz CT molecular complexity index is 929. The molecule has 0 spiro atoms. The molecule has 0 fully saturated rings. The maximum atomic E-state index is 6.01. The molecular weight excluding hydrogens is 447 g/mol. The average molecular weight is 471 g/mol. The fourth-order valence-corrected chi connectivity index (χ4v) is 7.26. The molecule has 12 heteroatoms. The lowest BCUT2D eigenvalue weighted by Crippen LogP contribution is -2.35. The maximum Gasteiger partial charge on any atom is 0.383 e. The monoisotopic (exact) mass is 471 g/mol. The number of aryl methyl sites for hydroxylation is 2. The highest BCUT2D eigenvalue weighted by Crippen LogP contribution is 2.34. The SMILES string of the molecule is COn1p(OC)npn(OC(Oc2ccc(C)cc2)Oc2ccc(C)cc2)p1OC. The van der Waals surface area contributed by atoms with E-state index in [2.05, 4.69) is 4.51 Å². The average Bonchev–Trinajstić information content (AvgIpc) is 2.76. The van der Waals surface area contributed by atoms with Gasteiger partial charge in [-0.2, -0.15) is 9.35 Å². The van der Waals surface area contributed by atoms with Gasteiger partial charge in [0.2, 0.25) is 16.2 Å². The van der Waals surface area contributed by atoms with Crippen LogP contribution in [-0.2, 0) is 0 Å². The Morgan fingerprint density at radius 3 is 1.80 bits per heavy atom. The molecule has 0 saturated carbocycles. The molecule has 0 aliphatic carbocycles. The van der Waals surface area contributed by atoms with E-state index in [-0.39, 0.29) is 0 Å². The normalized spacial score (nSPS) is 12.5. The van der Waals surface area contributed by atoms with Crippen molar-refractivity contribution in [2.45, 2.75) is 20.3 Å². The predicted octanol–water partition coefficient (Wildman–Crippen LogP) is 4.02. The standard InChI is InChI=1S/C18H24N3O6P3/c1-14-6-10-16(11-7-14)25-18(26-17-12-8-15(2)9-13-17)27-20-28-19-29(23-4)21(22-3)30(20)24-5/h6-13,18H,1-5H3. The summed E-state index contributed by atoms with van der Waals surface area (Å²) >= 11 is 0. The second-order valence-electron chi connectivity index (χ2n) is 5.99. The molecule has 0 bridgehead atoms. The van der Waals surface area contributed by atoms with Gasteiger partial charge in [-0.05, 0) is 38.1 Å². The number of rotatable bonds is 9. The number of ether oxygens (including phenoxy) is 2. The van der Waals surface area contributed by atoms with Gasteiger partial charge in [0.1, 0.15) is 11.5 Å². The van der Waals surface area contributed by atoms with Gasteiger partial charge in [0.15, 0.2) is 8.51 Å². The van der Waals surface area contributed by atoms with Crippen LogP contribution >= 0.6 is 24.7 Å². The van der Waals surface area contributed by atoms with Crippen LogP contribution in [0.15, 0.2) is 48.5 Å². The van der Waals surface area contributed by atoms with Crippen molar-refractivity contribution in [1.82, 2.24) is 13.0 Å². The summed E-state index contributed by atoms with van der Waals surface area (Å²) in [5, 5.41) is 0. The summed E-state index contributed by atoms with van der Waals surface area (Å²) in [4.78, 5) is 11.4. The van der Waals surface area contributed by atoms with Crippen LogP contribution in [0.25, 0.3) is 0 Å². The van der Waals surface area contributed by atoms with Crippen molar-refractivity contribution < 1.29 is 28.2 Å². The summed E-state index contributed by atoms with van der Waals surface area (Å²) in [7, 11) is 2.38. The van der Waals surface area contributed by atoms with Crippen molar-refractivity contribution in [1.29, 1.82) is 0 Å². The van der Waals surface area contributed by atoms with Crippen molar-refractivity contribution >= 4 is 24.7 Å². The quantitative estimate of drug-likeness (QED) is 0.436. The minimum Gasteiger partial charge on any atom is -0.431 e. The third-order valence-corrected chi connectivity index (χ3v) is 8.56. The van der Waals surface area contributed by atoms with Crippen LogP contribution in [0.1, 0.15) is 11.1 Å². The Morgan fingerprint density at radius 2 is 1.37 bits per heavy atom. The van der Waals surface area contributed by atoms with E-state index >= 15 is 0 Å². The second kappa shape index (κ2) is 11.0. The van der Waals surface area contributed by atoms with Gasteiger partial charge < -0.3 is 18.5 Å². The zero-order valence-corrected chi connectivity index (χ0v) is 20.0. The number of hydrogen-bond acceptors (Lipinski definition) is 7. The van der Waals surface area contributed by atoms with E-state index in [1.54, 1.807) is 14.2 Å². The third kappa shape index (κ3) is 5.87. The summed E-state index contributed by atoms with van der Waals surface area (Å²) in [5.41, 5.74) is 2.25. The molecule has 30 heavy (non-hydrogen) atoms. The van der Waals surface area contributed by atoms with Crippen molar-refractivity contribution in [3.05, 3.63) is 59.7 Å². The third-order valence-electron chi connectivity index (χ3n) is 3.81. The topological polar surface area (TPSA) is 78.1 Å². The van der Waals surface area contributed by atoms with Gasteiger partial charge in [0.05, 0.1) is 7.11 Å². The van der Waals surface area contributed by atoms with Gasteiger partial charge in [-0.1, -0.05) is 35.4 Å². The minimum atomic E-state index is -1.47. The number of benzene rings is 2. The zero-order chi connectivity index (χ0) is 21.5. The Hall–Kier alpha value is -1.82.